The molecule has 0 spiro atoms. The number of hydrogen-bond acceptors (Lipinski definition) is 7. The topological polar surface area (TPSA) is 156 Å². The smallest absolute Gasteiger partial charge is 0.348 e. The van der Waals surface area contributed by atoms with Crippen molar-refractivity contribution in [3.8, 4) is 0 Å². The van der Waals surface area contributed by atoms with Crippen molar-refractivity contribution in [2.75, 3.05) is 11.5 Å². The SMILES string of the molecule is Nc1cc(N)cc(S(=O)(=O)C2CCCC3C(=O)N(O)C(=O)NC32)c1. The molecule has 0 bridgehead atoms. The molecular weight excluding hydrogens is 336 g/mol. The number of imide groups is 1. The van der Waals surface area contributed by atoms with E-state index in [9.17, 15) is 23.2 Å². The normalized spacial score (nSPS) is 27.5. The molecule has 0 radical (unpaired) electrons. The Bertz CT molecular complexity index is 789. The van der Waals surface area contributed by atoms with Gasteiger partial charge in [-0.2, -0.15) is 0 Å². The fraction of sp³-hybridized carbons (Fsp3) is 0.429. The summed E-state index contributed by atoms with van der Waals surface area (Å²) in [6.45, 7) is 0. The van der Waals surface area contributed by atoms with Crippen molar-refractivity contribution in [2.45, 2.75) is 35.4 Å². The predicted molar refractivity (Wildman–Crippen MR) is 84.5 cm³/mol. The lowest BCUT2D eigenvalue weighted by Gasteiger charge is -2.41. The van der Waals surface area contributed by atoms with E-state index in [-0.39, 0.29) is 27.8 Å². The number of nitrogens with one attached hydrogen (secondary N) is 1. The Balaban J connectivity index is 2.01. The molecule has 3 amide bonds. The molecular formula is C14H18N4O5S. The molecule has 2 aliphatic rings. The summed E-state index contributed by atoms with van der Waals surface area (Å²) in [6.07, 6.45) is 1.17. The first-order chi connectivity index (χ1) is 11.2. The third-order valence-electron chi connectivity index (χ3n) is 4.52. The van der Waals surface area contributed by atoms with Crippen LogP contribution in [0.2, 0.25) is 0 Å². The zero-order chi connectivity index (χ0) is 17.6. The van der Waals surface area contributed by atoms with Crippen molar-refractivity contribution in [1.29, 1.82) is 0 Å². The number of rotatable bonds is 2. The largest absolute Gasteiger partial charge is 0.399 e. The number of nitrogens with zero attached hydrogens (tertiary/aromatic N) is 1. The van der Waals surface area contributed by atoms with E-state index in [2.05, 4.69) is 5.32 Å². The van der Waals surface area contributed by atoms with Crippen LogP contribution in [0.25, 0.3) is 0 Å². The lowest BCUT2D eigenvalue weighted by atomic mass is 9.82. The van der Waals surface area contributed by atoms with Crippen molar-refractivity contribution < 1.29 is 23.2 Å². The van der Waals surface area contributed by atoms with E-state index in [1.807, 2.05) is 0 Å². The molecule has 1 saturated carbocycles. The molecule has 2 fully saturated rings. The average Bonchev–Trinajstić information content (AvgIpc) is 2.51. The van der Waals surface area contributed by atoms with Gasteiger partial charge in [-0.1, -0.05) is 6.42 Å². The molecule has 10 heteroatoms. The van der Waals surface area contributed by atoms with Crippen molar-refractivity contribution in [3.63, 3.8) is 0 Å². The summed E-state index contributed by atoms with van der Waals surface area (Å²) in [7, 11) is -3.87. The van der Waals surface area contributed by atoms with E-state index < -0.39 is 39.0 Å². The van der Waals surface area contributed by atoms with Crippen LogP contribution in [0.4, 0.5) is 16.2 Å². The maximum absolute atomic E-state index is 13.0. The molecule has 1 aliphatic carbocycles. The summed E-state index contributed by atoms with van der Waals surface area (Å²) < 4.78 is 26.0. The number of amides is 3. The second-order valence-electron chi connectivity index (χ2n) is 6.08. The highest BCUT2D eigenvalue weighted by atomic mass is 32.2. The molecule has 1 aromatic rings. The van der Waals surface area contributed by atoms with Crippen LogP contribution in [0.3, 0.4) is 0 Å². The number of fused-ring (bicyclic) bond motifs is 1. The van der Waals surface area contributed by atoms with Crippen molar-refractivity contribution in [2.24, 2.45) is 5.92 Å². The minimum Gasteiger partial charge on any atom is -0.399 e. The Morgan fingerprint density at radius 2 is 1.75 bits per heavy atom. The quantitative estimate of drug-likeness (QED) is 0.433. The van der Waals surface area contributed by atoms with Crippen LogP contribution in [0, 0.1) is 5.92 Å². The Morgan fingerprint density at radius 3 is 2.38 bits per heavy atom. The number of urea groups is 1. The van der Waals surface area contributed by atoms with Crippen LogP contribution in [-0.2, 0) is 14.6 Å². The molecule has 1 saturated heterocycles. The highest BCUT2D eigenvalue weighted by Crippen LogP contribution is 2.36. The number of carbonyl (C=O) groups is 2. The lowest BCUT2D eigenvalue weighted by Crippen LogP contribution is -2.64. The first kappa shape index (κ1) is 16.5. The number of hydroxylamine groups is 2. The third kappa shape index (κ3) is 2.57. The standard InChI is InChI=1S/C14H18N4O5S/c15-7-4-8(16)6-9(5-7)24(22,23)11-3-1-2-10-12(11)17-14(20)18(21)13(10)19/h4-6,10-12,21H,1-3,15-16H2,(H,17,20). The number of carbonyl (C=O) groups excluding carboxylic acids is 2. The van der Waals surface area contributed by atoms with E-state index in [0.717, 1.165) is 0 Å². The van der Waals surface area contributed by atoms with Gasteiger partial charge in [0.05, 0.1) is 22.1 Å². The summed E-state index contributed by atoms with van der Waals surface area (Å²) in [5.41, 5.74) is 11.8. The molecule has 9 nitrogen and oxygen atoms in total. The van der Waals surface area contributed by atoms with Gasteiger partial charge in [-0.05, 0) is 31.0 Å². The Morgan fingerprint density at radius 1 is 1.12 bits per heavy atom. The number of anilines is 2. The maximum Gasteiger partial charge on any atom is 0.348 e. The summed E-state index contributed by atoms with van der Waals surface area (Å²) in [5, 5.41) is 10.9. The molecule has 3 unspecified atom stereocenters. The Labute approximate surface area is 138 Å². The van der Waals surface area contributed by atoms with Gasteiger partial charge in [0.25, 0.3) is 5.91 Å². The van der Waals surface area contributed by atoms with Crippen LogP contribution < -0.4 is 16.8 Å². The van der Waals surface area contributed by atoms with E-state index >= 15 is 0 Å². The van der Waals surface area contributed by atoms with Gasteiger partial charge in [0.2, 0.25) is 0 Å². The zero-order valence-electron chi connectivity index (χ0n) is 12.7. The Hall–Kier alpha value is -2.33. The number of nitrogen functional groups attached to an aromatic ring is 2. The first-order valence-corrected chi connectivity index (χ1v) is 8.99. The number of sulfone groups is 1. The van der Waals surface area contributed by atoms with Crippen molar-refractivity contribution in [1.82, 2.24) is 10.4 Å². The van der Waals surface area contributed by atoms with Gasteiger partial charge in [0.15, 0.2) is 9.84 Å². The van der Waals surface area contributed by atoms with E-state index in [1.165, 1.54) is 18.2 Å². The summed E-state index contributed by atoms with van der Waals surface area (Å²) in [5.74, 6) is -1.56. The van der Waals surface area contributed by atoms with Gasteiger partial charge in [-0.25, -0.2) is 13.2 Å². The molecule has 1 aliphatic heterocycles. The predicted octanol–water partition coefficient (Wildman–Crippen LogP) is 0.103. The van der Waals surface area contributed by atoms with Crippen LogP contribution in [0.15, 0.2) is 23.1 Å². The average molecular weight is 354 g/mol. The summed E-state index contributed by atoms with van der Waals surface area (Å²) in [6, 6.07) is 2.14. The molecule has 1 heterocycles. The summed E-state index contributed by atoms with van der Waals surface area (Å²) in [4.78, 5) is 23.7. The van der Waals surface area contributed by atoms with Gasteiger partial charge in [0.1, 0.15) is 0 Å². The fourth-order valence-electron chi connectivity index (χ4n) is 3.42. The minimum atomic E-state index is -3.87. The van der Waals surface area contributed by atoms with Gasteiger partial charge in [-0.3, -0.25) is 10.0 Å². The van der Waals surface area contributed by atoms with E-state index in [0.29, 0.717) is 12.8 Å². The van der Waals surface area contributed by atoms with Crippen LogP contribution in [0.5, 0.6) is 0 Å². The number of benzene rings is 1. The van der Waals surface area contributed by atoms with Crippen LogP contribution >= 0.6 is 0 Å². The van der Waals surface area contributed by atoms with E-state index in [4.69, 9.17) is 11.5 Å². The van der Waals surface area contributed by atoms with Crippen molar-refractivity contribution in [3.05, 3.63) is 18.2 Å². The monoisotopic (exact) mass is 354 g/mol. The van der Waals surface area contributed by atoms with Gasteiger partial charge >= 0.3 is 6.03 Å². The second-order valence-corrected chi connectivity index (χ2v) is 8.25. The van der Waals surface area contributed by atoms with E-state index in [1.54, 1.807) is 0 Å². The molecule has 0 aromatic heterocycles. The lowest BCUT2D eigenvalue weighted by molar-refractivity contribution is -0.163. The first-order valence-electron chi connectivity index (χ1n) is 7.45. The molecule has 3 rings (SSSR count). The zero-order valence-corrected chi connectivity index (χ0v) is 13.5. The number of nitrogens with two attached hydrogens (primary N) is 2. The number of hydrogen-bond donors (Lipinski definition) is 4. The molecule has 1 aromatic carbocycles. The minimum absolute atomic E-state index is 0.00859. The fourth-order valence-corrected chi connectivity index (χ4v) is 5.49. The molecule has 24 heavy (non-hydrogen) atoms. The summed E-state index contributed by atoms with van der Waals surface area (Å²) >= 11 is 0. The van der Waals surface area contributed by atoms with Gasteiger partial charge in [-0.15, -0.1) is 5.06 Å². The maximum atomic E-state index is 13.0. The molecule has 6 N–H and O–H groups in total. The van der Waals surface area contributed by atoms with Crippen molar-refractivity contribution >= 4 is 33.2 Å². The molecule has 130 valence electrons. The highest BCUT2D eigenvalue weighted by Gasteiger charge is 2.50. The second kappa shape index (κ2) is 5.64. The van der Waals surface area contributed by atoms with Crippen LogP contribution in [-0.4, -0.2) is 41.9 Å². The van der Waals surface area contributed by atoms with Gasteiger partial charge < -0.3 is 16.8 Å². The highest BCUT2D eigenvalue weighted by molar-refractivity contribution is 7.92. The molecule has 3 atom stereocenters. The van der Waals surface area contributed by atoms with Crippen LogP contribution in [0.1, 0.15) is 19.3 Å². The Kier molecular flexibility index (Phi) is 3.88. The third-order valence-corrected chi connectivity index (χ3v) is 6.74. The van der Waals surface area contributed by atoms with Gasteiger partial charge in [0, 0.05) is 11.4 Å².